The summed E-state index contributed by atoms with van der Waals surface area (Å²) in [4.78, 5) is 12.1. The number of aryl methyl sites for hydroxylation is 1. The molecular weight excluding hydrogens is 246 g/mol. The Balaban J connectivity index is 2.02. The van der Waals surface area contributed by atoms with E-state index in [1.165, 1.54) is 37.1 Å². The van der Waals surface area contributed by atoms with Gasteiger partial charge >= 0.3 is 0 Å². The monoisotopic (exact) mass is 273 g/mol. The fourth-order valence-electron chi connectivity index (χ4n) is 4.45. The molecular formula is C18H27NO. The fourth-order valence-corrected chi connectivity index (χ4v) is 4.45. The summed E-state index contributed by atoms with van der Waals surface area (Å²) < 4.78 is 2.55. The molecule has 20 heavy (non-hydrogen) atoms. The highest BCUT2D eigenvalue weighted by molar-refractivity contribution is 5.98. The van der Waals surface area contributed by atoms with Crippen molar-refractivity contribution in [2.24, 2.45) is 11.8 Å². The summed E-state index contributed by atoms with van der Waals surface area (Å²) in [5.74, 6) is 1.87. The standard InChI is InChI=1S/C18H27NO/c1-12(2)14-7-4-5-8-16(14)19-13(3)11-15-17(19)9-6-10-18(15)20/h11-12,14,16H,4-10H2,1-3H3. The lowest BCUT2D eigenvalue weighted by Crippen LogP contribution is -2.29. The van der Waals surface area contributed by atoms with Crippen LogP contribution in [-0.4, -0.2) is 10.4 Å². The van der Waals surface area contributed by atoms with Gasteiger partial charge in [-0.1, -0.05) is 26.7 Å². The van der Waals surface area contributed by atoms with Crippen LogP contribution in [0.2, 0.25) is 0 Å². The Labute approximate surface area is 122 Å². The summed E-state index contributed by atoms with van der Waals surface area (Å²) in [7, 11) is 0. The highest BCUT2D eigenvalue weighted by Gasteiger charge is 2.33. The second-order valence-electron chi connectivity index (χ2n) is 7.05. The molecule has 3 rings (SSSR count). The van der Waals surface area contributed by atoms with Gasteiger partial charge in [0.15, 0.2) is 5.78 Å². The number of nitrogens with zero attached hydrogens (tertiary/aromatic N) is 1. The number of carbonyl (C=O) groups excluding carboxylic acids is 1. The van der Waals surface area contributed by atoms with Gasteiger partial charge in [0.05, 0.1) is 0 Å². The molecule has 110 valence electrons. The molecule has 1 saturated carbocycles. The Morgan fingerprint density at radius 2 is 1.90 bits per heavy atom. The van der Waals surface area contributed by atoms with E-state index in [2.05, 4.69) is 31.4 Å². The van der Waals surface area contributed by atoms with Crippen LogP contribution in [0.15, 0.2) is 6.07 Å². The summed E-state index contributed by atoms with van der Waals surface area (Å²) in [5, 5.41) is 0. The van der Waals surface area contributed by atoms with Crippen LogP contribution in [0.1, 0.15) is 80.2 Å². The number of hydrogen-bond donors (Lipinski definition) is 0. The SMILES string of the molecule is Cc1cc2c(n1C1CCCCC1C(C)C)CCCC2=O. The van der Waals surface area contributed by atoms with E-state index in [9.17, 15) is 4.79 Å². The number of hydrogen-bond acceptors (Lipinski definition) is 1. The maximum atomic E-state index is 12.1. The summed E-state index contributed by atoms with van der Waals surface area (Å²) in [6, 6.07) is 2.78. The highest BCUT2D eigenvalue weighted by atomic mass is 16.1. The largest absolute Gasteiger partial charge is 0.345 e. The number of rotatable bonds is 2. The fraction of sp³-hybridized carbons (Fsp3) is 0.722. The van der Waals surface area contributed by atoms with Crippen molar-refractivity contribution in [2.75, 3.05) is 0 Å². The van der Waals surface area contributed by atoms with Crippen LogP contribution in [0.25, 0.3) is 0 Å². The zero-order valence-electron chi connectivity index (χ0n) is 13.1. The molecule has 2 unspecified atom stereocenters. The molecule has 2 atom stereocenters. The Morgan fingerprint density at radius 1 is 1.15 bits per heavy atom. The van der Waals surface area contributed by atoms with Gasteiger partial charge in [-0.2, -0.15) is 0 Å². The van der Waals surface area contributed by atoms with Crippen molar-refractivity contribution in [1.29, 1.82) is 0 Å². The van der Waals surface area contributed by atoms with Gasteiger partial charge in [0.25, 0.3) is 0 Å². The zero-order chi connectivity index (χ0) is 14.3. The Bertz CT molecular complexity index is 512. The number of Topliss-reactive ketones (excluding diaryl/α,β-unsaturated/α-hetero) is 1. The maximum Gasteiger partial charge on any atom is 0.164 e. The highest BCUT2D eigenvalue weighted by Crippen LogP contribution is 2.41. The molecule has 1 heterocycles. The maximum absolute atomic E-state index is 12.1. The number of ketones is 1. The molecule has 0 spiro atoms. The van der Waals surface area contributed by atoms with Crippen molar-refractivity contribution in [3.8, 4) is 0 Å². The Hall–Kier alpha value is -1.05. The van der Waals surface area contributed by atoms with Gasteiger partial charge in [-0.15, -0.1) is 0 Å². The normalized spacial score (nSPS) is 26.9. The molecule has 2 nitrogen and oxygen atoms in total. The van der Waals surface area contributed by atoms with Crippen LogP contribution in [0.5, 0.6) is 0 Å². The van der Waals surface area contributed by atoms with Crippen molar-refractivity contribution in [1.82, 2.24) is 4.57 Å². The molecule has 0 amide bonds. The van der Waals surface area contributed by atoms with Gasteiger partial charge in [0, 0.05) is 29.4 Å². The van der Waals surface area contributed by atoms with Crippen LogP contribution in [-0.2, 0) is 6.42 Å². The van der Waals surface area contributed by atoms with Crippen LogP contribution in [0, 0.1) is 18.8 Å². The molecule has 0 bridgehead atoms. The molecule has 0 N–H and O–H groups in total. The average molecular weight is 273 g/mol. The summed E-state index contributed by atoms with van der Waals surface area (Å²) in [5.41, 5.74) is 3.68. The van der Waals surface area contributed by atoms with Crippen LogP contribution >= 0.6 is 0 Å². The number of aromatic nitrogens is 1. The third-order valence-electron chi connectivity index (χ3n) is 5.42. The van der Waals surface area contributed by atoms with Crippen molar-refractivity contribution < 1.29 is 4.79 Å². The third-order valence-corrected chi connectivity index (χ3v) is 5.42. The molecule has 1 aromatic rings. The lowest BCUT2D eigenvalue weighted by molar-refractivity contribution is 0.0970. The first-order chi connectivity index (χ1) is 9.59. The topological polar surface area (TPSA) is 22.0 Å². The van der Waals surface area contributed by atoms with Crippen molar-refractivity contribution in [3.63, 3.8) is 0 Å². The average Bonchev–Trinajstić information content (AvgIpc) is 2.76. The van der Waals surface area contributed by atoms with Gasteiger partial charge < -0.3 is 4.57 Å². The first-order valence-corrected chi connectivity index (χ1v) is 8.33. The van der Waals surface area contributed by atoms with Gasteiger partial charge in [0.2, 0.25) is 0 Å². The lowest BCUT2D eigenvalue weighted by Gasteiger charge is -2.37. The van der Waals surface area contributed by atoms with Gasteiger partial charge in [0.1, 0.15) is 0 Å². The van der Waals surface area contributed by atoms with Crippen LogP contribution in [0.4, 0.5) is 0 Å². The van der Waals surface area contributed by atoms with E-state index >= 15 is 0 Å². The van der Waals surface area contributed by atoms with Crippen LogP contribution in [0.3, 0.4) is 0 Å². The minimum atomic E-state index is 0.366. The predicted octanol–water partition coefficient (Wildman–Crippen LogP) is 4.70. The van der Waals surface area contributed by atoms with Gasteiger partial charge in [-0.25, -0.2) is 0 Å². The summed E-state index contributed by atoms with van der Waals surface area (Å²) in [6.45, 7) is 6.91. The third kappa shape index (κ3) is 2.23. The van der Waals surface area contributed by atoms with Gasteiger partial charge in [-0.3, -0.25) is 4.79 Å². The second kappa shape index (κ2) is 5.38. The molecule has 2 aliphatic carbocycles. The van der Waals surface area contributed by atoms with Gasteiger partial charge in [-0.05, 0) is 50.5 Å². The van der Waals surface area contributed by atoms with E-state index in [1.807, 2.05) is 0 Å². The minimum absolute atomic E-state index is 0.366. The van der Waals surface area contributed by atoms with E-state index in [0.717, 1.165) is 36.7 Å². The summed E-state index contributed by atoms with van der Waals surface area (Å²) >= 11 is 0. The summed E-state index contributed by atoms with van der Waals surface area (Å²) in [6.07, 6.45) is 8.23. The number of fused-ring (bicyclic) bond motifs is 1. The molecule has 0 aliphatic heterocycles. The molecule has 0 radical (unpaired) electrons. The molecule has 0 saturated heterocycles. The zero-order valence-corrected chi connectivity index (χ0v) is 13.1. The predicted molar refractivity (Wildman–Crippen MR) is 82.3 cm³/mol. The first kappa shape index (κ1) is 13.9. The molecule has 1 fully saturated rings. The van der Waals surface area contributed by atoms with Crippen LogP contribution < -0.4 is 0 Å². The van der Waals surface area contributed by atoms with Crippen molar-refractivity contribution >= 4 is 5.78 Å². The van der Waals surface area contributed by atoms with E-state index in [4.69, 9.17) is 0 Å². The second-order valence-corrected chi connectivity index (χ2v) is 7.05. The van der Waals surface area contributed by atoms with Crippen molar-refractivity contribution in [3.05, 3.63) is 23.0 Å². The van der Waals surface area contributed by atoms with Crippen molar-refractivity contribution in [2.45, 2.75) is 71.8 Å². The van der Waals surface area contributed by atoms with E-state index < -0.39 is 0 Å². The molecule has 0 aromatic carbocycles. The van der Waals surface area contributed by atoms with E-state index in [-0.39, 0.29) is 0 Å². The molecule has 1 aromatic heterocycles. The lowest BCUT2D eigenvalue weighted by atomic mass is 9.77. The minimum Gasteiger partial charge on any atom is -0.345 e. The van der Waals surface area contributed by atoms with E-state index in [0.29, 0.717) is 11.8 Å². The Kier molecular flexibility index (Phi) is 3.74. The quantitative estimate of drug-likeness (QED) is 0.765. The smallest absolute Gasteiger partial charge is 0.164 e. The van der Waals surface area contributed by atoms with E-state index in [1.54, 1.807) is 0 Å². The number of carbonyl (C=O) groups is 1. The first-order valence-electron chi connectivity index (χ1n) is 8.33. The Morgan fingerprint density at radius 3 is 2.65 bits per heavy atom. The molecule has 2 aliphatic rings. The molecule has 2 heteroatoms.